The summed E-state index contributed by atoms with van der Waals surface area (Å²) in [6.45, 7) is 6.38. The zero-order chi connectivity index (χ0) is 33.6. The Bertz CT molecular complexity index is 1800. The summed E-state index contributed by atoms with van der Waals surface area (Å²) < 4.78 is 44.1. The molecule has 1 atom stereocenters. The van der Waals surface area contributed by atoms with E-state index in [1.807, 2.05) is 58.0 Å². The first-order valence-electron chi connectivity index (χ1n) is 14.6. The Labute approximate surface area is 280 Å². The third kappa shape index (κ3) is 8.87. The lowest BCUT2D eigenvalue weighted by Gasteiger charge is -2.35. The lowest BCUT2D eigenvalue weighted by Crippen LogP contribution is -2.56. The summed E-state index contributed by atoms with van der Waals surface area (Å²) in [5.74, 6) is -1.99. The van der Waals surface area contributed by atoms with Crippen LogP contribution in [0.1, 0.15) is 37.5 Å². The van der Waals surface area contributed by atoms with Gasteiger partial charge in [0.25, 0.3) is 10.0 Å². The van der Waals surface area contributed by atoms with E-state index in [-0.39, 0.29) is 28.6 Å². The first kappa shape index (κ1) is 34.9. The molecule has 11 heteroatoms. The van der Waals surface area contributed by atoms with Crippen LogP contribution >= 0.6 is 23.2 Å². The number of nitrogens with zero attached hydrogens (tertiary/aromatic N) is 2. The van der Waals surface area contributed by atoms with Crippen LogP contribution < -0.4 is 9.62 Å². The molecule has 0 saturated carbocycles. The molecule has 0 spiro atoms. The van der Waals surface area contributed by atoms with Gasteiger partial charge in [-0.1, -0.05) is 89.4 Å². The van der Waals surface area contributed by atoms with Crippen LogP contribution in [0.15, 0.2) is 102 Å². The highest BCUT2D eigenvalue weighted by atomic mass is 35.5. The molecule has 4 aromatic carbocycles. The Hall–Kier alpha value is -3.92. The van der Waals surface area contributed by atoms with Crippen molar-refractivity contribution in [3.8, 4) is 0 Å². The Morgan fingerprint density at radius 1 is 0.848 bits per heavy atom. The summed E-state index contributed by atoms with van der Waals surface area (Å²) in [6, 6.07) is 24.3. The molecule has 4 aromatic rings. The Morgan fingerprint density at radius 3 is 2.09 bits per heavy atom. The molecule has 0 unspecified atom stereocenters. The molecule has 1 N–H and O–H groups in total. The minimum atomic E-state index is -4.43. The van der Waals surface area contributed by atoms with Gasteiger partial charge in [0, 0.05) is 18.5 Å². The second-order valence-corrected chi connectivity index (χ2v) is 14.7. The largest absolute Gasteiger partial charge is 0.350 e. The minimum Gasteiger partial charge on any atom is -0.350 e. The molecule has 0 aliphatic rings. The minimum absolute atomic E-state index is 0.111. The summed E-state index contributed by atoms with van der Waals surface area (Å²) in [6.07, 6.45) is 0.125. The van der Waals surface area contributed by atoms with Gasteiger partial charge in [0.2, 0.25) is 11.8 Å². The monoisotopic (exact) mass is 683 g/mol. The third-order valence-electron chi connectivity index (χ3n) is 7.12. The predicted molar refractivity (Wildman–Crippen MR) is 181 cm³/mol. The number of nitrogens with one attached hydrogen (secondary N) is 1. The van der Waals surface area contributed by atoms with Crippen molar-refractivity contribution in [1.82, 2.24) is 10.2 Å². The van der Waals surface area contributed by atoms with Crippen LogP contribution in [0.5, 0.6) is 0 Å². The fraction of sp³-hybridized carbons (Fsp3) is 0.257. The fourth-order valence-corrected chi connectivity index (χ4v) is 6.59. The van der Waals surface area contributed by atoms with Gasteiger partial charge in [-0.15, -0.1) is 0 Å². The summed E-state index contributed by atoms with van der Waals surface area (Å²) in [4.78, 5) is 29.6. The van der Waals surface area contributed by atoms with Crippen molar-refractivity contribution in [3.63, 3.8) is 0 Å². The predicted octanol–water partition coefficient (Wildman–Crippen LogP) is 7.19. The van der Waals surface area contributed by atoms with E-state index < -0.39 is 45.8 Å². The molecule has 0 heterocycles. The molecule has 0 aliphatic heterocycles. The maximum atomic E-state index is 15.3. The van der Waals surface area contributed by atoms with E-state index in [0.29, 0.717) is 10.6 Å². The quantitative estimate of drug-likeness (QED) is 0.181. The number of aryl methyl sites for hydroxylation is 1. The molecule has 0 aliphatic carbocycles. The van der Waals surface area contributed by atoms with Crippen LogP contribution in [-0.4, -0.2) is 43.3 Å². The highest BCUT2D eigenvalue weighted by Gasteiger charge is 2.36. The van der Waals surface area contributed by atoms with Gasteiger partial charge < -0.3 is 10.2 Å². The second kappa shape index (κ2) is 14.7. The number of amides is 2. The number of para-hydroxylation sites is 1. The van der Waals surface area contributed by atoms with E-state index in [1.54, 1.807) is 30.3 Å². The second-order valence-electron chi connectivity index (χ2n) is 12.0. The molecule has 0 fully saturated rings. The van der Waals surface area contributed by atoms with E-state index in [4.69, 9.17) is 23.2 Å². The molecule has 2 amide bonds. The number of halogens is 3. The summed E-state index contributed by atoms with van der Waals surface area (Å²) >= 11 is 12.5. The zero-order valence-corrected chi connectivity index (χ0v) is 28.3. The smallest absolute Gasteiger partial charge is 0.264 e. The highest BCUT2D eigenvalue weighted by molar-refractivity contribution is 7.92. The van der Waals surface area contributed by atoms with Crippen molar-refractivity contribution in [1.29, 1.82) is 0 Å². The SMILES string of the molecule is Cc1ccc(S(=O)(=O)N(CC(=O)N(Cc2ccc(Cl)c(Cl)c2)[C@H](Cc2ccccc2)C(=O)NC(C)(C)C)c2ccccc2F)cc1. The maximum Gasteiger partial charge on any atom is 0.264 e. The molecular weight excluding hydrogens is 648 g/mol. The molecule has 46 heavy (non-hydrogen) atoms. The van der Waals surface area contributed by atoms with Gasteiger partial charge in [-0.2, -0.15) is 0 Å². The highest BCUT2D eigenvalue weighted by Crippen LogP contribution is 2.28. The molecule has 7 nitrogen and oxygen atoms in total. The number of rotatable bonds is 11. The van der Waals surface area contributed by atoms with Crippen molar-refractivity contribution in [3.05, 3.63) is 130 Å². The molecule has 4 rings (SSSR count). The van der Waals surface area contributed by atoms with Gasteiger partial charge in [-0.05, 0) is 75.2 Å². The summed E-state index contributed by atoms with van der Waals surface area (Å²) in [7, 11) is -4.43. The van der Waals surface area contributed by atoms with E-state index in [1.165, 1.54) is 35.2 Å². The molecule has 0 radical (unpaired) electrons. The van der Waals surface area contributed by atoms with Crippen LogP contribution in [0.25, 0.3) is 0 Å². The van der Waals surface area contributed by atoms with E-state index in [2.05, 4.69) is 5.32 Å². The van der Waals surface area contributed by atoms with Gasteiger partial charge >= 0.3 is 0 Å². The first-order valence-corrected chi connectivity index (χ1v) is 16.8. The Kier molecular flexibility index (Phi) is 11.1. The Morgan fingerprint density at radius 2 is 1.48 bits per heavy atom. The Balaban J connectivity index is 1.84. The number of anilines is 1. The average Bonchev–Trinajstić information content (AvgIpc) is 2.99. The van der Waals surface area contributed by atoms with Crippen LogP contribution in [0.2, 0.25) is 10.0 Å². The van der Waals surface area contributed by atoms with E-state index >= 15 is 4.39 Å². The molecule has 0 aromatic heterocycles. The van der Waals surface area contributed by atoms with Crippen molar-refractivity contribution in [2.45, 2.75) is 57.1 Å². The maximum absolute atomic E-state index is 15.3. The topological polar surface area (TPSA) is 86.8 Å². The van der Waals surface area contributed by atoms with Crippen LogP contribution in [0, 0.1) is 12.7 Å². The number of carbonyl (C=O) groups is 2. The third-order valence-corrected chi connectivity index (χ3v) is 9.63. The van der Waals surface area contributed by atoms with Gasteiger partial charge in [0.15, 0.2) is 0 Å². The fourth-order valence-electron chi connectivity index (χ4n) is 4.85. The van der Waals surface area contributed by atoms with Gasteiger partial charge in [-0.25, -0.2) is 12.8 Å². The van der Waals surface area contributed by atoms with Crippen LogP contribution in [0.4, 0.5) is 10.1 Å². The van der Waals surface area contributed by atoms with Crippen molar-refractivity contribution >= 4 is 50.7 Å². The van der Waals surface area contributed by atoms with Crippen molar-refractivity contribution < 1.29 is 22.4 Å². The number of hydrogen-bond donors (Lipinski definition) is 1. The van der Waals surface area contributed by atoms with Gasteiger partial charge in [-0.3, -0.25) is 13.9 Å². The normalized spacial score (nSPS) is 12.3. The summed E-state index contributed by atoms with van der Waals surface area (Å²) in [5.41, 5.74) is 1.22. The van der Waals surface area contributed by atoms with E-state index in [0.717, 1.165) is 21.5 Å². The van der Waals surface area contributed by atoms with Crippen molar-refractivity contribution in [2.24, 2.45) is 0 Å². The average molecular weight is 685 g/mol. The van der Waals surface area contributed by atoms with Crippen LogP contribution in [0.3, 0.4) is 0 Å². The lowest BCUT2D eigenvalue weighted by molar-refractivity contribution is -0.140. The number of hydrogen-bond acceptors (Lipinski definition) is 4. The lowest BCUT2D eigenvalue weighted by atomic mass is 10.0. The van der Waals surface area contributed by atoms with Gasteiger partial charge in [0.05, 0.1) is 20.6 Å². The van der Waals surface area contributed by atoms with Crippen LogP contribution in [-0.2, 0) is 32.6 Å². The van der Waals surface area contributed by atoms with Crippen molar-refractivity contribution in [2.75, 3.05) is 10.8 Å². The molecule has 0 bridgehead atoms. The number of sulfonamides is 1. The van der Waals surface area contributed by atoms with Gasteiger partial charge in [0.1, 0.15) is 18.4 Å². The summed E-state index contributed by atoms with van der Waals surface area (Å²) in [5, 5.41) is 3.52. The first-order chi connectivity index (χ1) is 21.7. The van der Waals surface area contributed by atoms with E-state index in [9.17, 15) is 18.0 Å². The molecule has 0 saturated heterocycles. The molecule has 242 valence electrons. The number of carbonyl (C=O) groups excluding carboxylic acids is 2. The molecular formula is C35H36Cl2FN3O4S. The number of benzene rings is 4. The standard InChI is InChI=1S/C35H36Cl2FN3O4S/c1-24-14-17-27(18-15-24)46(44,45)41(31-13-9-8-12-30(31)38)23-33(42)40(22-26-16-19-28(36)29(37)20-26)32(34(43)39-35(2,3)4)21-25-10-6-5-7-11-25/h5-20,32H,21-23H2,1-4H3,(H,39,43)/t32-/m1/s1. The zero-order valence-electron chi connectivity index (χ0n) is 26.0.